The van der Waals surface area contributed by atoms with Crippen molar-refractivity contribution in [1.82, 2.24) is 10.2 Å². The number of carbonyl (C=O) groups excluding carboxylic acids is 2. The number of rotatable bonds is 4. The number of amides is 2. The van der Waals surface area contributed by atoms with Gasteiger partial charge in [0.25, 0.3) is 5.91 Å². The van der Waals surface area contributed by atoms with Crippen molar-refractivity contribution < 1.29 is 19.1 Å². The van der Waals surface area contributed by atoms with Gasteiger partial charge < -0.3 is 14.4 Å². The fourth-order valence-corrected chi connectivity index (χ4v) is 4.50. The zero-order valence-corrected chi connectivity index (χ0v) is 17.9. The van der Waals surface area contributed by atoms with E-state index in [0.717, 1.165) is 16.3 Å². The van der Waals surface area contributed by atoms with Gasteiger partial charge in [0.15, 0.2) is 11.5 Å². The molecule has 0 spiro atoms. The van der Waals surface area contributed by atoms with Gasteiger partial charge in [-0.15, -0.1) is 10.2 Å². The summed E-state index contributed by atoms with van der Waals surface area (Å²) in [6, 6.07) is 11.0. The molecular formula is C22H20N4O4S. The highest BCUT2D eigenvalue weighted by Gasteiger charge is 2.34. The van der Waals surface area contributed by atoms with Gasteiger partial charge >= 0.3 is 0 Å². The van der Waals surface area contributed by atoms with Crippen LogP contribution in [0.4, 0.5) is 10.8 Å². The number of aryl methyl sites for hydroxylation is 2. The highest BCUT2D eigenvalue weighted by molar-refractivity contribution is 7.15. The van der Waals surface area contributed by atoms with Crippen molar-refractivity contribution in [1.29, 1.82) is 0 Å². The summed E-state index contributed by atoms with van der Waals surface area (Å²) in [5, 5.41) is 12.2. The predicted octanol–water partition coefficient (Wildman–Crippen LogP) is 3.66. The third kappa shape index (κ3) is 3.72. The average Bonchev–Trinajstić information content (AvgIpc) is 3.49. The van der Waals surface area contributed by atoms with Gasteiger partial charge in [-0.05, 0) is 55.3 Å². The quantitative estimate of drug-likeness (QED) is 0.671. The van der Waals surface area contributed by atoms with Crippen LogP contribution in [0.3, 0.4) is 0 Å². The molecule has 0 bridgehead atoms. The summed E-state index contributed by atoms with van der Waals surface area (Å²) >= 11 is 1.29. The van der Waals surface area contributed by atoms with Crippen LogP contribution in [0.25, 0.3) is 0 Å². The lowest BCUT2D eigenvalue weighted by molar-refractivity contribution is -0.117. The molecule has 2 aliphatic heterocycles. The number of ether oxygens (including phenoxy) is 2. The molecule has 0 unspecified atom stereocenters. The number of benzene rings is 2. The van der Waals surface area contributed by atoms with E-state index in [9.17, 15) is 9.59 Å². The molecule has 0 saturated carbocycles. The number of hydrogen-bond donors (Lipinski definition) is 1. The standard InChI is InChI=1S/C22H20N4O4S/c1-12-3-5-16(7-13(12)2)26-10-15(9-19(26)27)21-24-25-22(31-21)23-20(28)14-4-6-17-18(8-14)30-11-29-17/h3-8,15H,9-11H2,1-2H3,(H,23,25,28)/t15-/m1/s1. The van der Waals surface area contributed by atoms with Crippen molar-refractivity contribution in [3.05, 3.63) is 58.1 Å². The molecule has 2 aromatic carbocycles. The monoisotopic (exact) mass is 436 g/mol. The van der Waals surface area contributed by atoms with Crippen LogP contribution in [0.1, 0.15) is 38.8 Å². The number of nitrogens with one attached hydrogen (secondary N) is 1. The van der Waals surface area contributed by atoms with Crippen LogP contribution in [0.5, 0.6) is 11.5 Å². The summed E-state index contributed by atoms with van der Waals surface area (Å²) in [4.78, 5) is 27.0. The van der Waals surface area contributed by atoms with Crippen LogP contribution >= 0.6 is 11.3 Å². The van der Waals surface area contributed by atoms with Crippen LogP contribution in [-0.4, -0.2) is 35.3 Å². The Morgan fingerprint density at radius 2 is 1.94 bits per heavy atom. The van der Waals surface area contributed by atoms with E-state index >= 15 is 0 Å². The molecule has 1 atom stereocenters. The lowest BCUT2D eigenvalue weighted by atomic mass is 10.1. The van der Waals surface area contributed by atoms with E-state index in [1.54, 1.807) is 23.1 Å². The summed E-state index contributed by atoms with van der Waals surface area (Å²) in [6.07, 6.45) is 0.373. The van der Waals surface area contributed by atoms with Gasteiger partial charge in [-0.25, -0.2) is 0 Å². The maximum absolute atomic E-state index is 12.6. The highest BCUT2D eigenvalue weighted by Crippen LogP contribution is 2.35. The third-order valence-electron chi connectivity index (χ3n) is 5.57. The first kappa shape index (κ1) is 19.5. The summed E-state index contributed by atoms with van der Waals surface area (Å²) < 4.78 is 10.6. The van der Waals surface area contributed by atoms with E-state index in [4.69, 9.17) is 9.47 Å². The van der Waals surface area contributed by atoms with Gasteiger partial charge in [0.1, 0.15) is 5.01 Å². The van der Waals surface area contributed by atoms with E-state index in [0.29, 0.717) is 35.2 Å². The largest absolute Gasteiger partial charge is 0.454 e. The Bertz CT molecular complexity index is 1190. The number of carbonyl (C=O) groups is 2. The van der Waals surface area contributed by atoms with Crippen molar-refractivity contribution in [2.24, 2.45) is 0 Å². The van der Waals surface area contributed by atoms with Crippen LogP contribution in [0, 0.1) is 13.8 Å². The lowest BCUT2D eigenvalue weighted by Crippen LogP contribution is -2.24. The van der Waals surface area contributed by atoms with Crippen LogP contribution in [0.15, 0.2) is 36.4 Å². The Kier molecular flexibility index (Phi) is 4.82. The number of aromatic nitrogens is 2. The Morgan fingerprint density at radius 3 is 2.77 bits per heavy atom. The second-order valence-corrected chi connectivity index (χ2v) is 8.65. The van der Waals surface area contributed by atoms with Crippen molar-refractivity contribution in [3.63, 3.8) is 0 Å². The Balaban J connectivity index is 1.28. The van der Waals surface area contributed by atoms with Crippen molar-refractivity contribution in [2.75, 3.05) is 23.6 Å². The maximum atomic E-state index is 12.6. The molecule has 1 fully saturated rings. The minimum atomic E-state index is -0.305. The predicted molar refractivity (Wildman–Crippen MR) is 116 cm³/mol. The van der Waals surface area contributed by atoms with Gasteiger partial charge in [-0.1, -0.05) is 17.4 Å². The Morgan fingerprint density at radius 1 is 1.10 bits per heavy atom. The fraction of sp³-hybridized carbons (Fsp3) is 0.273. The SMILES string of the molecule is Cc1ccc(N2C[C@H](c3nnc(NC(=O)c4ccc5c(c4)OCO5)s3)CC2=O)cc1C. The number of fused-ring (bicyclic) bond motifs is 1. The fourth-order valence-electron chi connectivity index (χ4n) is 3.67. The first-order valence-corrected chi connectivity index (χ1v) is 10.7. The molecule has 1 aromatic heterocycles. The molecule has 8 nitrogen and oxygen atoms in total. The minimum absolute atomic E-state index is 0.0530. The first-order chi connectivity index (χ1) is 15.0. The summed E-state index contributed by atoms with van der Waals surface area (Å²) in [5.41, 5.74) is 3.69. The zero-order chi connectivity index (χ0) is 21.5. The second kappa shape index (κ2) is 7.66. The third-order valence-corrected chi connectivity index (χ3v) is 6.57. The molecule has 1 saturated heterocycles. The maximum Gasteiger partial charge on any atom is 0.257 e. The molecule has 158 valence electrons. The molecular weight excluding hydrogens is 416 g/mol. The van der Waals surface area contributed by atoms with Crippen LogP contribution in [0.2, 0.25) is 0 Å². The molecule has 3 heterocycles. The van der Waals surface area contributed by atoms with Gasteiger partial charge in [0.2, 0.25) is 17.8 Å². The van der Waals surface area contributed by atoms with E-state index in [-0.39, 0.29) is 24.5 Å². The van der Waals surface area contributed by atoms with Crippen LogP contribution in [-0.2, 0) is 4.79 Å². The molecule has 31 heavy (non-hydrogen) atoms. The molecule has 0 aliphatic carbocycles. The lowest BCUT2D eigenvalue weighted by Gasteiger charge is -2.17. The Hall–Kier alpha value is -3.46. The summed E-state index contributed by atoms with van der Waals surface area (Å²) in [6.45, 7) is 4.79. The van der Waals surface area contributed by atoms with Crippen molar-refractivity contribution in [2.45, 2.75) is 26.2 Å². The topological polar surface area (TPSA) is 93.7 Å². The van der Waals surface area contributed by atoms with Gasteiger partial charge in [-0.2, -0.15) is 0 Å². The second-order valence-electron chi connectivity index (χ2n) is 7.64. The van der Waals surface area contributed by atoms with E-state index in [1.165, 1.54) is 16.9 Å². The number of nitrogens with zero attached hydrogens (tertiary/aromatic N) is 3. The average molecular weight is 436 g/mol. The first-order valence-electron chi connectivity index (χ1n) is 9.90. The normalized spacial score (nSPS) is 17.3. The minimum Gasteiger partial charge on any atom is -0.454 e. The van der Waals surface area contributed by atoms with Gasteiger partial charge in [-0.3, -0.25) is 14.9 Å². The smallest absolute Gasteiger partial charge is 0.257 e. The zero-order valence-electron chi connectivity index (χ0n) is 17.0. The number of hydrogen-bond acceptors (Lipinski definition) is 7. The molecule has 0 radical (unpaired) electrons. The van der Waals surface area contributed by atoms with Gasteiger partial charge in [0, 0.05) is 30.1 Å². The molecule has 1 N–H and O–H groups in total. The van der Waals surface area contributed by atoms with E-state index in [1.807, 2.05) is 32.0 Å². The highest BCUT2D eigenvalue weighted by atomic mass is 32.1. The molecule has 3 aromatic rings. The molecule has 2 aliphatic rings. The van der Waals surface area contributed by atoms with Crippen LogP contribution < -0.4 is 19.7 Å². The Labute approximate surface area is 182 Å². The molecule has 2 amide bonds. The van der Waals surface area contributed by atoms with E-state index in [2.05, 4.69) is 15.5 Å². The number of anilines is 2. The molecule has 9 heteroatoms. The van der Waals surface area contributed by atoms with Gasteiger partial charge in [0.05, 0.1) is 0 Å². The van der Waals surface area contributed by atoms with E-state index < -0.39 is 0 Å². The molecule has 5 rings (SSSR count). The van der Waals surface area contributed by atoms with Crippen molar-refractivity contribution >= 4 is 34.0 Å². The van der Waals surface area contributed by atoms with Crippen molar-refractivity contribution in [3.8, 4) is 11.5 Å². The summed E-state index contributed by atoms with van der Waals surface area (Å²) in [7, 11) is 0. The summed E-state index contributed by atoms with van der Waals surface area (Å²) in [5.74, 6) is 0.868.